The van der Waals surface area contributed by atoms with E-state index >= 15 is 0 Å². The average molecular weight is 522 g/mol. The summed E-state index contributed by atoms with van der Waals surface area (Å²) in [5, 5.41) is 19.9. The maximum Gasteiger partial charge on any atom is 0.408 e. The third-order valence-electron chi connectivity index (χ3n) is 4.96. The number of rotatable bonds is 9. The fourth-order valence-corrected chi connectivity index (χ4v) is 3.59. The molecule has 0 radical (unpaired) electrons. The molecule has 36 heavy (non-hydrogen) atoms. The number of carbonyl (C=O) groups is 3. The summed E-state index contributed by atoms with van der Waals surface area (Å²) in [4.78, 5) is 38.4. The number of hydrogen-bond acceptors (Lipinski definition) is 7. The molecule has 12 heteroatoms. The number of alkyl carbamates (subject to hydrolysis) is 1. The van der Waals surface area contributed by atoms with E-state index in [9.17, 15) is 14.4 Å². The van der Waals surface area contributed by atoms with Crippen molar-refractivity contribution in [1.29, 1.82) is 0 Å². The van der Waals surface area contributed by atoms with Crippen molar-refractivity contribution in [2.24, 2.45) is 5.41 Å². The Bertz CT molecular complexity index is 1050. The van der Waals surface area contributed by atoms with Gasteiger partial charge in [-0.1, -0.05) is 39.3 Å². The van der Waals surface area contributed by atoms with E-state index in [1.54, 1.807) is 45.9 Å². The maximum atomic E-state index is 13.1. The van der Waals surface area contributed by atoms with E-state index in [-0.39, 0.29) is 17.9 Å². The van der Waals surface area contributed by atoms with Crippen LogP contribution in [0.25, 0.3) is 5.69 Å². The molecule has 1 heterocycles. The van der Waals surface area contributed by atoms with Gasteiger partial charge in [0.15, 0.2) is 0 Å². The topological polar surface area (TPSA) is 140 Å². The summed E-state index contributed by atoms with van der Waals surface area (Å²) in [5.74, 6) is -0.838. The van der Waals surface area contributed by atoms with Crippen LogP contribution in [0, 0.1) is 5.41 Å². The Balaban J connectivity index is 2.09. The zero-order chi connectivity index (χ0) is 27.1. The lowest BCUT2D eigenvalue weighted by Crippen LogP contribution is -2.54. The molecule has 2 rings (SSSR count). The zero-order valence-electron chi connectivity index (χ0n) is 21.9. The van der Waals surface area contributed by atoms with Crippen LogP contribution < -0.4 is 16.0 Å². The molecule has 0 unspecified atom stereocenters. The summed E-state index contributed by atoms with van der Waals surface area (Å²) >= 11 is 6.15. The van der Waals surface area contributed by atoms with Gasteiger partial charge in [0.25, 0.3) is 0 Å². The predicted molar refractivity (Wildman–Crippen MR) is 135 cm³/mol. The van der Waals surface area contributed by atoms with Crippen molar-refractivity contribution in [1.82, 2.24) is 36.2 Å². The third kappa shape index (κ3) is 9.44. The van der Waals surface area contributed by atoms with Crippen LogP contribution in [-0.4, -0.2) is 55.8 Å². The van der Waals surface area contributed by atoms with Gasteiger partial charge in [0.1, 0.15) is 24.0 Å². The average Bonchev–Trinajstić information content (AvgIpc) is 3.27. The number of tetrazole rings is 1. The molecule has 0 bridgehead atoms. The fourth-order valence-electron chi connectivity index (χ4n) is 3.39. The molecule has 0 saturated carbocycles. The number of carbonyl (C=O) groups excluding carboxylic acids is 3. The molecule has 1 aromatic carbocycles. The van der Waals surface area contributed by atoms with E-state index < -0.39 is 29.7 Å². The SMILES string of the molecule is CC[C@H](NC(=O)[C@@H](CC(C)(C)C)NC(=O)OC(C)(C)C)C(=O)NCc1cc(Cl)ccc1-n1cnnn1. The lowest BCUT2D eigenvalue weighted by molar-refractivity contribution is -0.130. The van der Waals surface area contributed by atoms with Gasteiger partial charge < -0.3 is 20.7 Å². The largest absolute Gasteiger partial charge is 0.444 e. The number of amides is 3. The van der Waals surface area contributed by atoms with Crippen molar-refractivity contribution >= 4 is 29.5 Å². The first-order valence-electron chi connectivity index (χ1n) is 11.8. The van der Waals surface area contributed by atoms with Gasteiger partial charge in [-0.25, -0.2) is 9.48 Å². The molecule has 0 aliphatic rings. The zero-order valence-corrected chi connectivity index (χ0v) is 22.6. The van der Waals surface area contributed by atoms with Gasteiger partial charge in [0.2, 0.25) is 11.8 Å². The fraction of sp³-hybridized carbons (Fsp3) is 0.583. The van der Waals surface area contributed by atoms with Gasteiger partial charge in [-0.05, 0) is 73.2 Å². The summed E-state index contributed by atoms with van der Waals surface area (Å²) < 4.78 is 6.78. The van der Waals surface area contributed by atoms with Crippen molar-refractivity contribution in [3.63, 3.8) is 0 Å². The molecular weight excluding hydrogens is 486 g/mol. The number of hydrogen-bond donors (Lipinski definition) is 3. The Morgan fingerprint density at radius 3 is 2.31 bits per heavy atom. The van der Waals surface area contributed by atoms with Crippen LogP contribution in [0.4, 0.5) is 4.79 Å². The molecule has 3 amide bonds. The molecule has 0 fully saturated rings. The molecule has 0 aliphatic carbocycles. The molecular formula is C24H36ClN7O4. The van der Waals surface area contributed by atoms with Crippen LogP contribution in [0.1, 0.15) is 66.9 Å². The first-order valence-corrected chi connectivity index (χ1v) is 12.2. The standard InChI is InChI=1S/C24H36ClN7O4/c1-8-17(28-21(34)18(12-23(2,3)4)29-22(35)36-24(5,6)7)20(33)26-13-15-11-16(25)9-10-19(15)32-14-27-30-31-32/h9-11,14,17-18H,8,12-13H2,1-7H3,(H,26,33)(H,28,34)(H,29,35)/t17-,18+/m0/s1. The summed E-state index contributed by atoms with van der Waals surface area (Å²) in [5.41, 5.74) is 0.385. The first-order chi connectivity index (χ1) is 16.7. The van der Waals surface area contributed by atoms with Crippen molar-refractivity contribution in [3.8, 4) is 5.69 Å². The molecule has 11 nitrogen and oxygen atoms in total. The van der Waals surface area contributed by atoms with Gasteiger partial charge in [0.05, 0.1) is 5.69 Å². The van der Waals surface area contributed by atoms with E-state index in [2.05, 4.69) is 31.5 Å². The highest BCUT2D eigenvalue weighted by molar-refractivity contribution is 6.30. The highest BCUT2D eigenvalue weighted by Crippen LogP contribution is 2.22. The van der Waals surface area contributed by atoms with Crippen molar-refractivity contribution in [2.75, 3.05) is 0 Å². The van der Waals surface area contributed by atoms with Crippen molar-refractivity contribution in [2.45, 2.75) is 85.5 Å². The van der Waals surface area contributed by atoms with Gasteiger partial charge in [-0.3, -0.25) is 9.59 Å². The molecule has 3 N–H and O–H groups in total. The molecule has 0 aliphatic heterocycles. The number of aromatic nitrogens is 4. The summed E-state index contributed by atoms with van der Waals surface area (Å²) in [6, 6.07) is 3.48. The smallest absolute Gasteiger partial charge is 0.408 e. The predicted octanol–water partition coefficient (Wildman–Crippen LogP) is 3.16. The number of halogens is 1. The number of nitrogens with one attached hydrogen (secondary N) is 3. The Kier molecular flexibility index (Phi) is 9.80. The minimum absolute atomic E-state index is 0.141. The monoisotopic (exact) mass is 521 g/mol. The van der Waals surface area contributed by atoms with E-state index in [1.165, 1.54) is 11.0 Å². The third-order valence-corrected chi connectivity index (χ3v) is 5.19. The molecule has 0 saturated heterocycles. The van der Waals surface area contributed by atoms with Crippen LogP contribution >= 0.6 is 11.6 Å². The van der Waals surface area contributed by atoms with Gasteiger partial charge in [-0.2, -0.15) is 0 Å². The number of ether oxygens (including phenoxy) is 1. The maximum absolute atomic E-state index is 13.1. The van der Waals surface area contributed by atoms with Crippen LogP contribution in [0.15, 0.2) is 24.5 Å². The normalized spacial score (nSPS) is 13.4. The first kappa shape index (κ1) is 29.0. The van der Waals surface area contributed by atoms with Crippen LogP contribution in [0.2, 0.25) is 5.02 Å². The molecule has 2 aromatic rings. The lowest BCUT2D eigenvalue weighted by atomic mass is 9.87. The van der Waals surface area contributed by atoms with Crippen LogP contribution in [0.3, 0.4) is 0 Å². The van der Waals surface area contributed by atoms with Gasteiger partial charge in [-0.15, -0.1) is 5.10 Å². The summed E-state index contributed by atoms with van der Waals surface area (Å²) in [6.07, 6.45) is 1.45. The van der Waals surface area contributed by atoms with Gasteiger partial charge in [0, 0.05) is 11.6 Å². The second-order valence-electron chi connectivity index (χ2n) is 10.7. The van der Waals surface area contributed by atoms with Crippen LogP contribution in [0.5, 0.6) is 0 Å². The molecule has 1 aromatic heterocycles. The Labute approximate surface area is 216 Å². The van der Waals surface area contributed by atoms with E-state index in [4.69, 9.17) is 16.3 Å². The quantitative estimate of drug-likeness (QED) is 0.460. The highest BCUT2D eigenvalue weighted by atomic mass is 35.5. The second-order valence-corrected chi connectivity index (χ2v) is 11.1. The van der Waals surface area contributed by atoms with E-state index in [1.807, 2.05) is 20.8 Å². The molecule has 0 spiro atoms. The van der Waals surface area contributed by atoms with Crippen LogP contribution in [-0.2, 0) is 20.9 Å². The minimum Gasteiger partial charge on any atom is -0.444 e. The lowest BCUT2D eigenvalue weighted by Gasteiger charge is -2.29. The Morgan fingerprint density at radius 1 is 1.06 bits per heavy atom. The Hall–Kier alpha value is -3.21. The molecule has 2 atom stereocenters. The van der Waals surface area contributed by atoms with E-state index in [0.29, 0.717) is 29.1 Å². The van der Waals surface area contributed by atoms with Crippen molar-refractivity contribution < 1.29 is 19.1 Å². The van der Waals surface area contributed by atoms with Gasteiger partial charge >= 0.3 is 6.09 Å². The summed E-state index contributed by atoms with van der Waals surface area (Å²) in [7, 11) is 0. The minimum atomic E-state index is -0.874. The number of benzene rings is 1. The highest BCUT2D eigenvalue weighted by Gasteiger charge is 2.31. The van der Waals surface area contributed by atoms with E-state index in [0.717, 1.165) is 0 Å². The summed E-state index contributed by atoms with van der Waals surface area (Å²) in [6.45, 7) is 13.0. The number of nitrogens with zero attached hydrogens (tertiary/aromatic N) is 4. The van der Waals surface area contributed by atoms with Crippen molar-refractivity contribution in [3.05, 3.63) is 35.1 Å². The molecule has 198 valence electrons. The second kappa shape index (κ2) is 12.2. The Morgan fingerprint density at radius 2 is 1.75 bits per heavy atom.